The fourth-order valence-electron chi connectivity index (χ4n) is 11.5. The summed E-state index contributed by atoms with van der Waals surface area (Å²) >= 11 is 0. The van der Waals surface area contributed by atoms with Gasteiger partial charge in [0.15, 0.2) is 0 Å². The molecule has 4 heteroatoms. The highest BCUT2D eigenvalue weighted by Crippen LogP contribution is 2.77. The molecular formula is C30H48N2O2. The number of rotatable bonds is 2. The average molecular weight is 469 g/mol. The van der Waals surface area contributed by atoms with Gasteiger partial charge in [0.25, 0.3) is 0 Å². The van der Waals surface area contributed by atoms with Crippen LogP contribution in [0.25, 0.3) is 0 Å². The molecule has 2 N–H and O–H groups in total. The van der Waals surface area contributed by atoms with Crippen molar-refractivity contribution in [3.63, 3.8) is 0 Å². The lowest BCUT2D eigenvalue weighted by molar-refractivity contribution is -0.222. The molecule has 0 spiro atoms. The zero-order valence-electron chi connectivity index (χ0n) is 22.5. The first-order chi connectivity index (χ1) is 15.9. The molecule has 0 aromatic carbocycles. The van der Waals surface area contributed by atoms with Crippen molar-refractivity contribution >= 4 is 11.9 Å². The normalized spacial score (nSPS) is 53.1. The third-order valence-electron chi connectivity index (χ3n) is 13.3. The molecule has 0 aromatic rings. The lowest BCUT2D eigenvalue weighted by atomic mass is 9.32. The third kappa shape index (κ3) is 2.83. The van der Waals surface area contributed by atoms with E-state index in [2.05, 4.69) is 58.4 Å². The topological polar surface area (TPSA) is 65.2 Å². The molecule has 0 unspecified atom stereocenters. The van der Waals surface area contributed by atoms with E-state index in [1.807, 2.05) is 6.21 Å². The van der Waals surface area contributed by atoms with Crippen molar-refractivity contribution in [2.75, 3.05) is 0 Å². The maximum Gasteiger partial charge on any atom is 0.0630 e. The van der Waals surface area contributed by atoms with E-state index in [0.717, 1.165) is 31.4 Å². The van der Waals surface area contributed by atoms with E-state index < -0.39 is 0 Å². The van der Waals surface area contributed by atoms with E-state index in [1.54, 1.807) is 0 Å². The Balaban J connectivity index is 1.56. The van der Waals surface area contributed by atoms with E-state index in [0.29, 0.717) is 45.8 Å². The molecule has 5 aliphatic carbocycles. The van der Waals surface area contributed by atoms with Crippen molar-refractivity contribution in [2.24, 2.45) is 67.0 Å². The van der Waals surface area contributed by atoms with Crippen LogP contribution in [0.3, 0.4) is 0 Å². The Kier molecular flexibility index (Phi) is 5.44. The molecule has 0 bridgehead atoms. The van der Waals surface area contributed by atoms with Crippen molar-refractivity contribution < 1.29 is 10.4 Å². The van der Waals surface area contributed by atoms with Crippen LogP contribution in [0.5, 0.6) is 0 Å². The van der Waals surface area contributed by atoms with Crippen LogP contribution in [-0.2, 0) is 0 Å². The van der Waals surface area contributed by atoms with E-state index in [4.69, 9.17) is 0 Å². The van der Waals surface area contributed by atoms with Crippen molar-refractivity contribution in [1.29, 1.82) is 0 Å². The fraction of sp³-hybridized carbons (Fsp3) is 0.867. The number of hydrogen-bond acceptors (Lipinski definition) is 4. The fourth-order valence-corrected chi connectivity index (χ4v) is 11.5. The van der Waals surface area contributed by atoms with Crippen molar-refractivity contribution in [1.82, 2.24) is 0 Å². The molecule has 4 nitrogen and oxygen atoms in total. The number of fused-ring (bicyclic) bond motifs is 7. The molecule has 34 heavy (non-hydrogen) atoms. The first-order valence-electron chi connectivity index (χ1n) is 14.0. The monoisotopic (exact) mass is 468 g/mol. The predicted molar refractivity (Wildman–Crippen MR) is 138 cm³/mol. The lowest BCUT2D eigenvalue weighted by Crippen LogP contribution is -2.66. The Morgan fingerprint density at radius 1 is 0.882 bits per heavy atom. The zero-order chi connectivity index (χ0) is 24.7. The average Bonchev–Trinajstić information content (AvgIpc) is 3.14. The Labute approximate surface area is 207 Å². The van der Waals surface area contributed by atoms with Gasteiger partial charge in [0.05, 0.1) is 11.9 Å². The standard InChI is InChI=1S/C30H48N2O2/c1-19(2)20-10-15-30(18-31-33)17-16-28(6)21(25(20)30)8-9-23-27(5)13-12-24(32-34)26(3,4)22(27)11-14-29(23,28)7/h18,20-23,25,33-34H,1,8-17H2,2-7H3/b31-18-,32-24-/t20-,21+,22+,23+,25+,27-,28+,29+,30+/m0/s1. The van der Waals surface area contributed by atoms with Gasteiger partial charge in [0.2, 0.25) is 0 Å². The van der Waals surface area contributed by atoms with Gasteiger partial charge in [0.1, 0.15) is 0 Å². The van der Waals surface area contributed by atoms with Gasteiger partial charge in [-0.3, -0.25) is 0 Å². The molecule has 0 radical (unpaired) electrons. The minimum Gasteiger partial charge on any atom is -0.411 e. The maximum absolute atomic E-state index is 9.76. The SMILES string of the molecule is C=C(C)[C@@H]1CC[C@]2(/C=N\O)CC[C@]3(C)[C@H](CC[C@@H]4[C@@]5(C)CC/C(=N/O)C(C)(C)[C@H]5CC[C@]43C)[C@@H]12. The van der Waals surface area contributed by atoms with Crippen LogP contribution in [0, 0.1) is 56.7 Å². The number of hydrogen-bond donors (Lipinski definition) is 2. The van der Waals surface area contributed by atoms with Crippen molar-refractivity contribution in [3.8, 4) is 0 Å². The van der Waals surface area contributed by atoms with Crippen LogP contribution in [0.2, 0.25) is 0 Å². The molecule has 0 amide bonds. The van der Waals surface area contributed by atoms with Gasteiger partial charge in [-0.15, -0.1) is 5.16 Å². The number of oxime groups is 2. The van der Waals surface area contributed by atoms with Gasteiger partial charge in [0, 0.05) is 10.8 Å². The van der Waals surface area contributed by atoms with Gasteiger partial charge in [-0.25, -0.2) is 0 Å². The Morgan fingerprint density at radius 2 is 1.62 bits per heavy atom. The first-order valence-corrected chi connectivity index (χ1v) is 14.0. The van der Waals surface area contributed by atoms with Gasteiger partial charge in [-0.1, -0.05) is 51.9 Å². The maximum atomic E-state index is 9.76. The van der Waals surface area contributed by atoms with E-state index in [-0.39, 0.29) is 10.8 Å². The van der Waals surface area contributed by atoms with E-state index >= 15 is 0 Å². The highest BCUT2D eigenvalue weighted by atomic mass is 16.4. The summed E-state index contributed by atoms with van der Waals surface area (Å²) in [6, 6.07) is 0. The smallest absolute Gasteiger partial charge is 0.0630 e. The summed E-state index contributed by atoms with van der Waals surface area (Å²) in [5.41, 5.74) is 3.27. The zero-order valence-corrected chi connectivity index (χ0v) is 22.5. The lowest BCUT2D eigenvalue weighted by Gasteiger charge is -2.72. The second-order valence-electron chi connectivity index (χ2n) is 14.4. The van der Waals surface area contributed by atoms with Crippen LogP contribution >= 0.6 is 0 Å². The molecule has 190 valence electrons. The van der Waals surface area contributed by atoms with Crippen LogP contribution in [0.4, 0.5) is 0 Å². The molecule has 5 saturated carbocycles. The third-order valence-corrected chi connectivity index (χ3v) is 13.3. The molecule has 0 aromatic heterocycles. The van der Waals surface area contributed by atoms with Gasteiger partial charge in [-0.05, 0) is 117 Å². The highest BCUT2D eigenvalue weighted by Gasteiger charge is 2.70. The predicted octanol–water partition coefficient (Wildman–Crippen LogP) is 7.93. The second kappa shape index (κ2) is 7.59. The van der Waals surface area contributed by atoms with Crippen LogP contribution < -0.4 is 0 Å². The minimum absolute atomic E-state index is 0.0311. The molecule has 5 fully saturated rings. The molecule has 9 atom stereocenters. The highest BCUT2D eigenvalue weighted by molar-refractivity contribution is 5.90. The first kappa shape index (κ1) is 24.4. The summed E-state index contributed by atoms with van der Waals surface area (Å²) < 4.78 is 0. The molecule has 0 saturated heterocycles. The van der Waals surface area contributed by atoms with Crippen LogP contribution in [0.15, 0.2) is 22.5 Å². The summed E-state index contributed by atoms with van der Waals surface area (Å²) in [7, 11) is 0. The largest absolute Gasteiger partial charge is 0.411 e. The van der Waals surface area contributed by atoms with Gasteiger partial charge < -0.3 is 10.4 Å². The molecule has 0 aliphatic heterocycles. The second-order valence-corrected chi connectivity index (χ2v) is 14.4. The van der Waals surface area contributed by atoms with E-state index in [9.17, 15) is 10.4 Å². The van der Waals surface area contributed by atoms with E-state index in [1.165, 1.54) is 44.1 Å². The number of nitrogens with zero attached hydrogens (tertiary/aromatic N) is 2. The molecule has 5 aliphatic rings. The summed E-state index contributed by atoms with van der Waals surface area (Å²) in [6.07, 6.45) is 13.8. The number of allylic oxidation sites excluding steroid dienone is 1. The van der Waals surface area contributed by atoms with Gasteiger partial charge >= 0.3 is 0 Å². The summed E-state index contributed by atoms with van der Waals surface area (Å²) in [6.45, 7) is 19.2. The van der Waals surface area contributed by atoms with Gasteiger partial charge in [-0.2, -0.15) is 0 Å². The summed E-state index contributed by atoms with van der Waals surface area (Å²) in [4.78, 5) is 0. The van der Waals surface area contributed by atoms with Crippen LogP contribution in [0.1, 0.15) is 106 Å². The van der Waals surface area contributed by atoms with Crippen LogP contribution in [-0.4, -0.2) is 22.3 Å². The quantitative estimate of drug-likeness (QED) is 0.187. The Bertz CT molecular complexity index is 923. The Morgan fingerprint density at radius 3 is 2.26 bits per heavy atom. The molecule has 5 rings (SSSR count). The summed E-state index contributed by atoms with van der Waals surface area (Å²) in [5.74, 6) is 3.06. The van der Waals surface area contributed by atoms with Crippen molar-refractivity contribution in [3.05, 3.63) is 12.2 Å². The Hall–Kier alpha value is -1.32. The minimum atomic E-state index is -0.0311. The molecule has 0 heterocycles. The molecular weight excluding hydrogens is 420 g/mol. The van der Waals surface area contributed by atoms with Crippen molar-refractivity contribution in [2.45, 2.75) is 106 Å². The summed E-state index contributed by atoms with van der Waals surface area (Å²) in [5, 5.41) is 26.9.